The summed E-state index contributed by atoms with van der Waals surface area (Å²) in [5.74, 6) is -2.21. The smallest absolute Gasteiger partial charge is 0.305 e. The largest absolute Gasteiger partial charge is 0.466 e. The molecule has 1 atom stereocenters. The maximum absolute atomic E-state index is 12.4. The van der Waals surface area contributed by atoms with Crippen LogP contribution in [0.1, 0.15) is 47.4 Å². The summed E-state index contributed by atoms with van der Waals surface area (Å²) < 4.78 is 6.76. The average molecular weight is 408 g/mol. The minimum atomic E-state index is -1.04. The third-order valence-corrected chi connectivity index (χ3v) is 4.88. The van der Waals surface area contributed by atoms with E-state index in [0.29, 0.717) is 17.5 Å². The number of aromatic nitrogens is 1. The van der Waals surface area contributed by atoms with Crippen molar-refractivity contribution in [3.63, 3.8) is 0 Å². The highest BCUT2D eigenvalue weighted by Gasteiger charge is 2.21. The normalized spacial score (nSPS) is 11.9. The molecule has 1 heterocycles. The molecule has 0 spiro atoms. The first-order valence-corrected chi connectivity index (χ1v) is 9.75. The fraction of sp³-hybridized carbons (Fsp3) is 0.261. The van der Waals surface area contributed by atoms with E-state index in [9.17, 15) is 19.5 Å². The van der Waals surface area contributed by atoms with Crippen LogP contribution in [0.3, 0.4) is 0 Å². The van der Waals surface area contributed by atoms with Gasteiger partial charge in [-0.25, -0.2) is 0 Å². The number of ketones is 1. The van der Waals surface area contributed by atoms with Crippen molar-refractivity contribution in [2.75, 3.05) is 6.61 Å². The van der Waals surface area contributed by atoms with Gasteiger partial charge in [0.15, 0.2) is 0 Å². The minimum absolute atomic E-state index is 0.0785. The molecule has 7 heteroatoms. The molecule has 30 heavy (non-hydrogen) atoms. The monoisotopic (exact) mass is 408 g/mol. The average Bonchev–Trinajstić information content (AvgIpc) is 3.09. The number of ether oxygens (including phenoxy) is 1. The first-order valence-electron chi connectivity index (χ1n) is 9.75. The number of nitrogens with zero attached hydrogens (tertiary/aromatic N) is 1. The van der Waals surface area contributed by atoms with E-state index in [1.807, 2.05) is 34.9 Å². The van der Waals surface area contributed by atoms with Crippen LogP contribution in [-0.4, -0.2) is 33.9 Å². The van der Waals surface area contributed by atoms with Crippen molar-refractivity contribution in [2.45, 2.75) is 32.4 Å². The fourth-order valence-electron chi connectivity index (χ4n) is 3.40. The van der Waals surface area contributed by atoms with Crippen molar-refractivity contribution >= 4 is 28.6 Å². The zero-order valence-electron chi connectivity index (χ0n) is 16.7. The van der Waals surface area contributed by atoms with Crippen LogP contribution in [0.5, 0.6) is 0 Å². The van der Waals surface area contributed by atoms with Gasteiger partial charge in [0.05, 0.1) is 18.3 Å². The van der Waals surface area contributed by atoms with E-state index in [4.69, 9.17) is 10.5 Å². The fourth-order valence-corrected chi connectivity index (χ4v) is 3.40. The van der Waals surface area contributed by atoms with Gasteiger partial charge < -0.3 is 20.1 Å². The lowest BCUT2D eigenvalue weighted by molar-refractivity contribution is -0.143. The zero-order valence-corrected chi connectivity index (χ0v) is 16.7. The second kappa shape index (κ2) is 9.37. The van der Waals surface area contributed by atoms with E-state index < -0.39 is 17.8 Å². The Bertz CT molecular complexity index is 1070. The zero-order chi connectivity index (χ0) is 21.7. The Kier molecular flexibility index (Phi) is 6.64. The number of primary amides is 1. The number of carbonyl (C=O) groups is 3. The van der Waals surface area contributed by atoms with Crippen LogP contribution in [-0.2, 0) is 20.9 Å². The molecule has 156 valence electrons. The quantitative estimate of drug-likeness (QED) is 0.321. The van der Waals surface area contributed by atoms with Crippen LogP contribution in [0.4, 0.5) is 0 Å². The van der Waals surface area contributed by atoms with Gasteiger partial charge in [-0.2, -0.15) is 0 Å². The predicted molar refractivity (Wildman–Crippen MR) is 112 cm³/mol. The van der Waals surface area contributed by atoms with Gasteiger partial charge >= 0.3 is 5.97 Å². The third kappa shape index (κ3) is 4.75. The first-order chi connectivity index (χ1) is 14.4. The molecule has 1 aromatic heterocycles. The van der Waals surface area contributed by atoms with Gasteiger partial charge in [-0.15, -0.1) is 0 Å². The van der Waals surface area contributed by atoms with Gasteiger partial charge in [0, 0.05) is 30.1 Å². The van der Waals surface area contributed by atoms with Gasteiger partial charge in [0.1, 0.15) is 0 Å². The molecule has 0 fully saturated rings. The molecule has 0 bridgehead atoms. The molecule has 2 aromatic carbocycles. The van der Waals surface area contributed by atoms with Crippen LogP contribution >= 0.6 is 0 Å². The summed E-state index contributed by atoms with van der Waals surface area (Å²) >= 11 is 0. The summed E-state index contributed by atoms with van der Waals surface area (Å²) in [5, 5.41) is 11.0. The molecular weight excluding hydrogens is 384 g/mol. The molecule has 0 saturated carbocycles. The number of carbonyl (C=O) groups excluding carboxylic acids is 3. The molecule has 0 radical (unpaired) electrons. The molecule has 0 aliphatic carbocycles. The first kappa shape index (κ1) is 21.3. The number of aliphatic hydroxyl groups excluding tert-OH is 1. The number of Topliss-reactive ketones (excluding diaryl/α,β-unsaturated/α-hetero) is 1. The summed E-state index contributed by atoms with van der Waals surface area (Å²) in [4.78, 5) is 35.5. The topological polar surface area (TPSA) is 112 Å². The third-order valence-electron chi connectivity index (χ3n) is 4.88. The summed E-state index contributed by atoms with van der Waals surface area (Å²) in [6.45, 7) is 2.52. The lowest BCUT2D eigenvalue weighted by Gasteiger charge is -2.12. The molecular formula is C23H24N2O5. The molecule has 1 amide bonds. The number of nitrogens with two attached hydrogens (primary N) is 1. The number of hydrogen-bond donors (Lipinski definition) is 2. The Hall–Kier alpha value is -3.45. The van der Waals surface area contributed by atoms with Crippen LogP contribution in [0.2, 0.25) is 0 Å². The molecule has 3 N–H and O–H groups in total. The molecule has 0 saturated heterocycles. The van der Waals surface area contributed by atoms with Crippen molar-refractivity contribution in [3.8, 4) is 0 Å². The summed E-state index contributed by atoms with van der Waals surface area (Å²) in [6, 6.07) is 14.9. The maximum atomic E-state index is 12.4. The maximum Gasteiger partial charge on any atom is 0.305 e. The van der Waals surface area contributed by atoms with Crippen LogP contribution in [0.25, 0.3) is 10.9 Å². The second-order valence-corrected chi connectivity index (χ2v) is 6.99. The summed E-state index contributed by atoms with van der Waals surface area (Å²) in [7, 11) is 0. The van der Waals surface area contributed by atoms with Gasteiger partial charge in [-0.1, -0.05) is 36.4 Å². The van der Waals surface area contributed by atoms with Crippen molar-refractivity contribution in [1.29, 1.82) is 0 Å². The van der Waals surface area contributed by atoms with E-state index in [-0.39, 0.29) is 31.0 Å². The number of benzene rings is 2. The van der Waals surface area contributed by atoms with E-state index >= 15 is 0 Å². The summed E-state index contributed by atoms with van der Waals surface area (Å²) in [5.41, 5.74) is 7.74. The highest BCUT2D eigenvalue weighted by molar-refractivity contribution is 6.44. The number of rotatable bonds is 9. The Morgan fingerprint density at radius 1 is 1.13 bits per heavy atom. The molecule has 0 aliphatic heterocycles. The summed E-state index contributed by atoms with van der Waals surface area (Å²) in [6.07, 6.45) is 0.968. The van der Waals surface area contributed by atoms with E-state index in [2.05, 4.69) is 0 Å². The van der Waals surface area contributed by atoms with Gasteiger partial charge in [0.25, 0.3) is 11.7 Å². The van der Waals surface area contributed by atoms with Gasteiger partial charge in [0.2, 0.25) is 0 Å². The molecule has 3 aromatic rings. The number of amides is 1. The van der Waals surface area contributed by atoms with Crippen LogP contribution in [0.15, 0.2) is 54.7 Å². The number of fused-ring (bicyclic) bond motifs is 1. The lowest BCUT2D eigenvalue weighted by Crippen LogP contribution is -2.22. The van der Waals surface area contributed by atoms with Crippen LogP contribution < -0.4 is 5.73 Å². The number of aliphatic hydroxyl groups is 1. The van der Waals surface area contributed by atoms with Gasteiger partial charge in [-0.05, 0) is 36.6 Å². The SMILES string of the molecule is CCOC(=O)CCC(O)c1ccc2c(c1)c(C(=O)C(N)=O)cn2Cc1ccccc1. The Morgan fingerprint density at radius 2 is 1.87 bits per heavy atom. The van der Waals surface area contributed by atoms with Crippen LogP contribution in [0, 0.1) is 0 Å². The number of esters is 1. The van der Waals surface area contributed by atoms with Crippen molar-refractivity contribution in [2.24, 2.45) is 5.73 Å². The predicted octanol–water partition coefficient (Wildman–Crippen LogP) is 2.73. The highest BCUT2D eigenvalue weighted by Crippen LogP contribution is 2.28. The van der Waals surface area contributed by atoms with Crippen molar-refractivity contribution in [3.05, 3.63) is 71.4 Å². The Morgan fingerprint density at radius 3 is 2.53 bits per heavy atom. The van der Waals surface area contributed by atoms with Crippen molar-refractivity contribution in [1.82, 2.24) is 4.57 Å². The molecule has 1 unspecified atom stereocenters. The van der Waals surface area contributed by atoms with E-state index in [1.165, 1.54) is 0 Å². The Balaban J connectivity index is 1.95. The molecule has 3 rings (SSSR count). The second-order valence-electron chi connectivity index (χ2n) is 6.99. The standard InChI is InChI=1S/C23H24N2O5/c1-2-30-21(27)11-10-20(26)16-8-9-19-17(12-16)18(22(28)23(24)29)14-25(19)13-15-6-4-3-5-7-15/h3-9,12,14,20,26H,2,10-11,13H2,1H3,(H2,24,29). The highest BCUT2D eigenvalue weighted by atomic mass is 16.5. The van der Waals surface area contributed by atoms with Crippen molar-refractivity contribution < 1.29 is 24.2 Å². The lowest BCUT2D eigenvalue weighted by atomic mass is 10.0. The number of hydrogen-bond acceptors (Lipinski definition) is 5. The van der Waals surface area contributed by atoms with E-state index in [1.54, 1.807) is 31.3 Å². The van der Waals surface area contributed by atoms with Gasteiger partial charge in [-0.3, -0.25) is 14.4 Å². The molecule has 0 aliphatic rings. The molecule has 7 nitrogen and oxygen atoms in total. The Labute approximate surface area is 174 Å². The van der Waals surface area contributed by atoms with E-state index in [0.717, 1.165) is 11.1 Å². The minimum Gasteiger partial charge on any atom is -0.466 e.